The number of nitrogens with zero attached hydrogens (tertiary/aromatic N) is 2. The second-order valence-electron chi connectivity index (χ2n) is 4.44. The maximum Gasteiger partial charge on any atom is 0.215 e. The summed E-state index contributed by atoms with van der Waals surface area (Å²) in [7, 11) is -3.45. The Hall–Kier alpha value is -1.77. The number of nitrogens with one attached hydrogen (secondary N) is 1. The molecule has 0 aliphatic carbocycles. The summed E-state index contributed by atoms with van der Waals surface area (Å²) in [5.74, 6) is -0.153. The van der Waals surface area contributed by atoms with Crippen molar-refractivity contribution in [1.82, 2.24) is 14.5 Å². The molecule has 0 spiro atoms. The number of aromatic nitrogens is 2. The molecule has 0 aliphatic heterocycles. The number of nitrogens with two attached hydrogens (primary N) is 1. The molecule has 8 heteroatoms. The van der Waals surface area contributed by atoms with Crippen molar-refractivity contribution in [3.05, 3.63) is 53.9 Å². The number of hydrogen-bond donors (Lipinski definition) is 2. The van der Waals surface area contributed by atoms with Gasteiger partial charge >= 0.3 is 0 Å². The van der Waals surface area contributed by atoms with Gasteiger partial charge in [0, 0.05) is 24.5 Å². The number of thiocarbonyl (C=S) groups is 1. The first-order chi connectivity index (χ1) is 9.98. The van der Waals surface area contributed by atoms with Gasteiger partial charge in [0.05, 0.1) is 12.3 Å². The summed E-state index contributed by atoms with van der Waals surface area (Å²) in [6, 6.07) is 8.75. The molecule has 112 valence electrons. The van der Waals surface area contributed by atoms with E-state index >= 15 is 0 Å². The lowest BCUT2D eigenvalue weighted by Crippen LogP contribution is -2.29. The Morgan fingerprint density at radius 3 is 2.76 bits per heavy atom. The third kappa shape index (κ3) is 4.62. The Balaban J connectivity index is 1.99. The van der Waals surface area contributed by atoms with Crippen molar-refractivity contribution in [2.75, 3.05) is 6.54 Å². The van der Waals surface area contributed by atoms with Crippen LogP contribution >= 0.6 is 12.2 Å². The fourth-order valence-corrected chi connectivity index (χ4v) is 3.26. The van der Waals surface area contributed by atoms with Crippen LogP contribution in [0, 0.1) is 0 Å². The van der Waals surface area contributed by atoms with Gasteiger partial charge in [-0.1, -0.05) is 36.5 Å². The van der Waals surface area contributed by atoms with E-state index in [9.17, 15) is 8.42 Å². The lowest BCUT2D eigenvalue weighted by atomic mass is 10.1. The molecule has 1 heterocycles. The van der Waals surface area contributed by atoms with E-state index in [0.717, 1.165) is 0 Å². The van der Waals surface area contributed by atoms with Crippen LogP contribution in [0.15, 0.2) is 42.7 Å². The van der Waals surface area contributed by atoms with Crippen molar-refractivity contribution in [2.24, 2.45) is 5.73 Å². The van der Waals surface area contributed by atoms with Gasteiger partial charge in [0.25, 0.3) is 0 Å². The number of hydrogen-bond acceptors (Lipinski definition) is 4. The zero-order valence-electron chi connectivity index (χ0n) is 11.3. The molecule has 1 aromatic heterocycles. The minimum atomic E-state index is -3.45. The molecule has 0 radical (unpaired) electrons. The van der Waals surface area contributed by atoms with Gasteiger partial charge in [-0.05, 0) is 11.6 Å². The maximum absolute atomic E-state index is 12.1. The van der Waals surface area contributed by atoms with Gasteiger partial charge < -0.3 is 5.73 Å². The van der Waals surface area contributed by atoms with Gasteiger partial charge in [-0.25, -0.2) is 13.1 Å². The van der Waals surface area contributed by atoms with E-state index in [2.05, 4.69) is 9.82 Å². The molecule has 6 nitrogen and oxygen atoms in total. The van der Waals surface area contributed by atoms with E-state index in [1.54, 1.807) is 47.4 Å². The highest BCUT2D eigenvalue weighted by Gasteiger charge is 2.14. The van der Waals surface area contributed by atoms with E-state index in [-0.39, 0.29) is 17.3 Å². The molecule has 3 N–H and O–H groups in total. The molecule has 1 aromatic carbocycles. The Morgan fingerprint density at radius 1 is 1.33 bits per heavy atom. The van der Waals surface area contributed by atoms with E-state index in [4.69, 9.17) is 18.0 Å². The fourth-order valence-electron chi connectivity index (χ4n) is 1.89. The summed E-state index contributed by atoms with van der Waals surface area (Å²) in [5.41, 5.74) is 6.78. The highest BCUT2D eigenvalue weighted by Crippen LogP contribution is 2.12. The SMILES string of the molecule is NC(=S)c1ccccc1CS(=O)(=O)NCCn1cccn1. The number of benzene rings is 1. The Morgan fingerprint density at radius 2 is 2.10 bits per heavy atom. The summed E-state index contributed by atoms with van der Waals surface area (Å²) in [5, 5.41) is 4.01. The van der Waals surface area contributed by atoms with Crippen molar-refractivity contribution in [1.29, 1.82) is 0 Å². The quantitative estimate of drug-likeness (QED) is 0.729. The van der Waals surface area contributed by atoms with Crippen LogP contribution in [0.25, 0.3) is 0 Å². The van der Waals surface area contributed by atoms with Crippen LogP contribution in [0.3, 0.4) is 0 Å². The maximum atomic E-state index is 12.1. The smallest absolute Gasteiger partial charge is 0.215 e. The lowest BCUT2D eigenvalue weighted by molar-refractivity contribution is 0.560. The molecule has 0 atom stereocenters. The molecular weight excluding hydrogens is 308 g/mol. The molecule has 2 rings (SSSR count). The van der Waals surface area contributed by atoms with Crippen molar-refractivity contribution >= 4 is 27.2 Å². The van der Waals surface area contributed by atoms with Gasteiger partial charge in [-0.2, -0.15) is 5.10 Å². The van der Waals surface area contributed by atoms with Crippen LogP contribution < -0.4 is 10.5 Å². The van der Waals surface area contributed by atoms with Crippen LogP contribution in [0.4, 0.5) is 0 Å². The fraction of sp³-hybridized carbons (Fsp3) is 0.231. The standard InChI is InChI=1S/C13H16N4O2S2/c14-13(20)12-5-2-1-4-11(12)10-21(18,19)16-7-9-17-8-3-6-15-17/h1-6,8,16H,7,9-10H2,(H2,14,20). The Kier molecular flexibility index (Phi) is 5.05. The molecule has 21 heavy (non-hydrogen) atoms. The van der Waals surface area contributed by atoms with Crippen LogP contribution in [0.5, 0.6) is 0 Å². The van der Waals surface area contributed by atoms with E-state index in [0.29, 0.717) is 17.7 Å². The molecule has 0 saturated carbocycles. The molecule has 0 unspecified atom stereocenters. The Bertz CT molecular complexity index is 712. The first kappa shape index (κ1) is 15.6. The van der Waals surface area contributed by atoms with Gasteiger partial charge in [0.1, 0.15) is 4.99 Å². The van der Waals surface area contributed by atoms with Crippen LogP contribution in [0.1, 0.15) is 11.1 Å². The van der Waals surface area contributed by atoms with Crippen LogP contribution in [-0.2, 0) is 22.3 Å². The molecule has 0 amide bonds. The first-order valence-corrected chi connectivity index (χ1v) is 8.36. The van der Waals surface area contributed by atoms with E-state index in [1.165, 1.54) is 0 Å². The monoisotopic (exact) mass is 324 g/mol. The minimum Gasteiger partial charge on any atom is -0.389 e. The van der Waals surface area contributed by atoms with Gasteiger partial charge in [0.2, 0.25) is 10.0 Å². The molecular formula is C13H16N4O2S2. The van der Waals surface area contributed by atoms with Crippen molar-refractivity contribution in [2.45, 2.75) is 12.3 Å². The van der Waals surface area contributed by atoms with Gasteiger partial charge in [0.15, 0.2) is 0 Å². The summed E-state index contributed by atoms with van der Waals surface area (Å²) in [4.78, 5) is 0.192. The summed E-state index contributed by atoms with van der Waals surface area (Å²) in [6.07, 6.45) is 3.42. The second-order valence-corrected chi connectivity index (χ2v) is 6.69. The average molecular weight is 324 g/mol. The van der Waals surface area contributed by atoms with Crippen molar-refractivity contribution in [3.8, 4) is 0 Å². The van der Waals surface area contributed by atoms with Crippen molar-refractivity contribution < 1.29 is 8.42 Å². The predicted octanol–water partition coefficient (Wildman–Crippen LogP) is 0.637. The third-order valence-electron chi connectivity index (χ3n) is 2.85. The predicted molar refractivity (Wildman–Crippen MR) is 85.2 cm³/mol. The third-order valence-corrected chi connectivity index (χ3v) is 4.41. The van der Waals surface area contributed by atoms with Crippen molar-refractivity contribution in [3.63, 3.8) is 0 Å². The molecule has 2 aromatic rings. The summed E-state index contributed by atoms with van der Waals surface area (Å²) >= 11 is 4.93. The van der Waals surface area contributed by atoms with Gasteiger partial charge in [-0.15, -0.1) is 0 Å². The minimum absolute atomic E-state index is 0.153. The highest BCUT2D eigenvalue weighted by molar-refractivity contribution is 7.88. The largest absolute Gasteiger partial charge is 0.389 e. The first-order valence-electron chi connectivity index (χ1n) is 6.30. The van der Waals surface area contributed by atoms with Crippen LogP contribution in [0.2, 0.25) is 0 Å². The lowest BCUT2D eigenvalue weighted by Gasteiger charge is -2.10. The van der Waals surface area contributed by atoms with Gasteiger partial charge in [-0.3, -0.25) is 4.68 Å². The van der Waals surface area contributed by atoms with Crippen LogP contribution in [-0.4, -0.2) is 29.7 Å². The molecule has 0 bridgehead atoms. The molecule has 0 saturated heterocycles. The molecule has 0 aliphatic rings. The number of sulfonamides is 1. The topological polar surface area (TPSA) is 90.0 Å². The summed E-state index contributed by atoms with van der Waals surface area (Å²) in [6.45, 7) is 0.752. The Labute approximate surface area is 129 Å². The second kappa shape index (κ2) is 6.79. The molecule has 0 fully saturated rings. The summed E-state index contributed by atoms with van der Waals surface area (Å²) < 4.78 is 28.4. The average Bonchev–Trinajstić information content (AvgIpc) is 2.91. The highest BCUT2D eigenvalue weighted by atomic mass is 32.2. The normalized spacial score (nSPS) is 11.4. The van der Waals surface area contributed by atoms with E-state index < -0.39 is 10.0 Å². The zero-order chi connectivity index (χ0) is 15.3. The van der Waals surface area contributed by atoms with E-state index in [1.807, 2.05) is 0 Å². The number of rotatable bonds is 7. The zero-order valence-corrected chi connectivity index (χ0v) is 12.9.